The number of carbonyl (C=O) groups excluding carboxylic acids is 2. The molecule has 41 heavy (non-hydrogen) atoms. The third-order valence-corrected chi connectivity index (χ3v) is 8.20. The van der Waals surface area contributed by atoms with Gasteiger partial charge in [0.15, 0.2) is 5.78 Å². The van der Waals surface area contributed by atoms with E-state index in [9.17, 15) is 23.6 Å². The summed E-state index contributed by atoms with van der Waals surface area (Å²) < 4.78 is 33.0. The number of ether oxygens (including phenoxy) is 1. The van der Waals surface area contributed by atoms with Gasteiger partial charge in [-0.05, 0) is 49.2 Å². The number of nitrogens with one attached hydrogen (secondary N) is 2. The molecule has 3 aromatic rings. The Morgan fingerprint density at radius 2 is 1.88 bits per heavy atom. The van der Waals surface area contributed by atoms with Crippen LogP contribution in [0.3, 0.4) is 0 Å². The predicted octanol–water partition coefficient (Wildman–Crippen LogP) is 4.75. The molecule has 0 saturated carbocycles. The van der Waals surface area contributed by atoms with Crippen LogP contribution in [-0.2, 0) is 4.79 Å². The molecule has 8 nitrogen and oxygen atoms in total. The van der Waals surface area contributed by atoms with Crippen LogP contribution in [0.1, 0.15) is 41.8 Å². The summed E-state index contributed by atoms with van der Waals surface area (Å²) in [4.78, 5) is 33.8. The van der Waals surface area contributed by atoms with Crippen LogP contribution in [0, 0.1) is 28.9 Å². The molecule has 2 unspecified atom stereocenters. The Hall–Kier alpha value is -3.91. The summed E-state index contributed by atoms with van der Waals surface area (Å²) in [6.07, 6.45) is 0.0219. The number of halogens is 3. The van der Waals surface area contributed by atoms with Gasteiger partial charge in [0.25, 0.3) is 0 Å². The summed E-state index contributed by atoms with van der Waals surface area (Å²) in [6.45, 7) is 1.09. The third kappa shape index (κ3) is 5.79. The van der Waals surface area contributed by atoms with Crippen molar-refractivity contribution in [3.05, 3.63) is 94.3 Å². The molecule has 2 aliphatic rings. The molecule has 0 radical (unpaired) electrons. The summed E-state index contributed by atoms with van der Waals surface area (Å²) in [5.74, 6) is -3.15. The number of likely N-dealkylation sites (N-methyl/N-ethyl adjacent to an activating group) is 1. The summed E-state index contributed by atoms with van der Waals surface area (Å²) in [5.41, 5.74) is 0.382. The minimum Gasteiger partial charge on any atom is -0.410 e. The zero-order valence-electron chi connectivity index (χ0n) is 22.2. The topological polar surface area (TPSA) is 107 Å². The molecule has 1 amide bonds. The number of piperidine rings is 1. The van der Waals surface area contributed by atoms with Crippen molar-refractivity contribution in [2.24, 2.45) is 5.92 Å². The second-order valence-electron chi connectivity index (χ2n) is 10.3. The van der Waals surface area contributed by atoms with Gasteiger partial charge >= 0.3 is 6.09 Å². The van der Waals surface area contributed by atoms with Crippen molar-refractivity contribution in [2.75, 3.05) is 26.7 Å². The molecular formula is C30H28ClF2N5O3. The minimum atomic E-state index is -1.37. The van der Waals surface area contributed by atoms with Crippen molar-refractivity contribution in [3.8, 4) is 11.8 Å². The zero-order valence-corrected chi connectivity index (χ0v) is 23.0. The second kappa shape index (κ2) is 11.9. The normalized spacial score (nSPS) is 23.9. The molecule has 212 valence electrons. The van der Waals surface area contributed by atoms with E-state index in [-0.39, 0.29) is 29.8 Å². The first-order valence-corrected chi connectivity index (χ1v) is 13.6. The number of hydrogen-bond donors (Lipinski definition) is 2. The molecule has 3 heterocycles. The van der Waals surface area contributed by atoms with Crippen LogP contribution < -0.4 is 15.4 Å². The van der Waals surface area contributed by atoms with Gasteiger partial charge in [0.05, 0.1) is 11.7 Å². The molecule has 2 fully saturated rings. The van der Waals surface area contributed by atoms with E-state index in [1.165, 1.54) is 11.9 Å². The van der Waals surface area contributed by atoms with Crippen LogP contribution in [-0.4, -0.2) is 54.0 Å². The first-order chi connectivity index (χ1) is 19.7. The maximum Gasteiger partial charge on any atom is 0.415 e. The van der Waals surface area contributed by atoms with Crippen molar-refractivity contribution < 1.29 is 23.1 Å². The maximum absolute atomic E-state index is 14.6. The Labute approximate surface area is 241 Å². The van der Waals surface area contributed by atoms with Crippen LogP contribution in [0.4, 0.5) is 13.6 Å². The quantitative estimate of drug-likeness (QED) is 0.434. The lowest BCUT2D eigenvalue weighted by Gasteiger charge is -2.44. The van der Waals surface area contributed by atoms with Crippen molar-refractivity contribution in [1.29, 1.82) is 5.26 Å². The van der Waals surface area contributed by atoms with Gasteiger partial charge in [0.1, 0.15) is 34.7 Å². The molecule has 5 rings (SSSR count). The number of ketones is 1. The molecule has 2 aliphatic heterocycles. The molecule has 0 aliphatic carbocycles. The average Bonchev–Trinajstić information content (AvgIpc) is 3.42. The predicted molar refractivity (Wildman–Crippen MR) is 147 cm³/mol. The van der Waals surface area contributed by atoms with E-state index in [2.05, 4.69) is 15.6 Å². The molecule has 11 heteroatoms. The number of pyridine rings is 1. The lowest BCUT2D eigenvalue weighted by atomic mass is 9.71. The van der Waals surface area contributed by atoms with E-state index in [1.807, 2.05) is 24.3 Å². The molecule has 0 bridgehead atoms. The van der Waals surface area contributed by atoms with Crippen LogP contribution >= 0.6 is 11.6 Å². The van der Waals surface area contributed by atoms with Gasteiger partial charge in [0.2, 0.25) is 0 Å². The Morgan fingerprint density at radius 3 is 2.59 bits per heavy atom. The molecule has 4 atom stereocenters. The van der Waals surface area contributed by atoms with Crippen LogP contribution in [0.25, 0.3) is 0 Å². The summed E-state index contributed by atoms with van der Waals surface area (Å²) in [5, 5.41) is 16.5. The highest BCUT2D eigenvalue weighted by molar-refractivity contribution is 6.30. The zero-order chi connectivity index (χ0) is 29.1. The van der Waals surface area contributed by atoms with Crippen LogP contribution in [0.15, 0.2) is 60.7 Å². The fourth-order valence-electron chi connectivity index (χ4n) is 5.93. The minimum absolute atomic E-state index is 0.152. The number of rotatable bonds is 6. The molecule has 2 saturated heterocycles. The summed E-state index contributed by atoms with van der Waals surface area (Å²) >= 11 is 6.14. The molecule has 2 N–H and O–H groups in total. The number of nitriles is 1. The smallest absolute Gasteiger partial charge is 0.410 e. The number of Topliss-reactive ketones (excluding diaryl/α,β-unsaturated/α-hetero) is 1. The molecule has 0 spiro atoms. The number of benzene rings is 2. The highest BCUT2D eigenvalue weighted by Gasteiger charge is 2.56. The standard InChI is InChI=1S/C30H28ClF2N5O3/c1-38(29(40)41-24-13-21(32)12-22(33)14-24)30(17-35-16-25(30)18-5-7-20(31)8-6-18)28(39)19-9-10-36-27(11-19)26-4-2-3-23(15-34)37-26/h2-8,12-14,19,25,27,35-36H,9-11,16-17H2,1H3/t19?,25-,27?,30+/m0/s1. The van der Waals surface area contributed by atoms with Gasteiger partial charge in [-0.3, -0.25) is 9.69 Å². The van der Waals surface area contributed by atoms with Gasteiger partial charge in [-0.25, -0.2) is 18.6 Å². The van der Waals surface area contributed by atoms with Crippen molar-refractivity contribution in [3.63, 3.8) is 0 Å². The number of aromatic nitrogens is 1. The van der Waals surface area contributed by atoms with Crippen molar-refractivity contribution in [1.82, 2.24) is 20.5 Å². The second-order valence-corrected chi connectivity index (χ2v) is 10.8. The lowest BCUT2D eigenvalue weighted by molar-refractivity contribution is -0.134. The Bertz CT molecular complexity index is 1480. The number of hydrogen-bond acceptors (Lipinski definition) is 7. The van der Waals surface area contributed by atoms with Crippen molar-refractivity contribution in [2.45, 2.75) is 30.3 Å². The van der Waals surface area contributed by atoms with Gasteiger partial charge in [0, 0.05) is 55.2 Å². The van der Waals surface area contributed by atoms with Gasteiger partial charge < -0.3 is 15.4 Å². The number of carbonyl (C=O) groups is 2. The first kappa shape index (κ1) is 28.6. The Kier molecular flexibility index (Phi) is 8.31. The Morgan fingerprint density at radius 1 is 1.15 bits per heavy atom. The van der Waals surface area contributed by atoms with Crippen molar-refractivity contribution >= 4 is 23.5 Å². The van der Waals surface area contributed by atoms with E-state index >= 15 is 0 Å². The van der Waals surface area contributed by atoms with Crippen LogP contribution in [0.2, 0.25) is 5.02 Å². The molecular weight excluding hydrogens is 552 g/mol. The fourth-order valence-corrected chi connectivity index (χ4v) is 6.05. The summed E-state index contributed by atoms with van der Waals surface area (Å²) in [7, 11) is 1.47. The van der Waals surface area contributed by atoms with E-state index in [1.54, 1.807) is 24.3 Å². The SMILES string of the molecule is CN(C(=O)Oc1cc(F)cc(F)c1)[C@]1(C(=O)C2CCNC(c3cccc(C#N)n3)C2)CNC[C@H]1c1ccc(Cl)cc1. The first-order valence-electron chi connectivity index (χ1n) is 13.2. The van der Waals surface area contributed by atoms with E-state index in [0.29, 0.717) is 42.7 Å². The van der Waals surface area contributed by atoms with E-state index in [4.69, 9.17) is 16.3 Å². The lowest BCUT2D eigenvalue weighted by Crippen LogP contribution is -2.62. The van der Waals surface area contributed by atoms with Crippen LogP contribution in [0.5, 0.6) is 5.75 Å². The maximum atomic E-state index is 14.6. The van der Waals surface area contributed by atoms with E-state index in [0.717, 1.165) is 17.7 Å². The van der Waals surface area contributed by atoms with Gasteiger partial charge in [-0.1, -0.05) is 29.8 Å². The largest absolute Gasteiger partial charge is 0.415 e. The van der Waals surface area contributed by atoms with Gasteiger partial charge in [-0.15, -0.1) is 0 Å². The highest BCUT2D eigenvalue weighted by Crippen LogP contribution is 2.42. The highest BCUT2D eigenvalue weighted by atomic mass is 35.5. The fraction of sp³-hybridized carbons (Fsp3) is 0.333. The monoisotopic (exact) mass is 579 g/mol. The average molecular weight is 580 g/mol. The summed E-state index contributed by atoms with van der Waals surface area (Å²) in [6, 6.07) is 16.6. The third-order valence-electron chi connectivity index (χ3n) is 7.95. The molecule has 1 aromatic heterocycles. The number of amides is 1. The van der Waals surface area contributed by atoms with E-state index < -0.39 is 35.1 Å². The van der Waals surface area contributed by atoms with Gasteiger partial charge in [-0.2, -0.15) is 5.26 Å². The Balaban J connectivity index is 1.49. The molecule has 2 aromatic carbocycles. The number of nitrogens with zero attached hydrogens (tertiary/aromatic N) is 3.